The van der Waals surface area contributed by atoms with Gasteiger partial charge in [0.2, 0.25) is 0 Å². The minimum absolute atomic E-state index is 0.676. The second kappa shape index (κ2) is 9.75. The van der Waals surface area contributed by atoms with Crippen LogP contribution in [0, 0.1) is 0 Å². The summed E-state index contributed by atoms with van der Waals surface area (Å²) in [6.07, 6.45) is 5.09. The number of nitrogens with zero attached hydrogens (tertiary/aromatic N) is 2. The van der Waals surface area contributed by atoms with Gasteiger partial charge in [0.1, 0.15) is 0 Å². The quantitative estimate of drug-likeness (QED) is 0.702. The first-order chi connectivity index (χ1) is 9.63. The molecule has 0 aliphatic carbocycles. The normalized spacial score (nSPS) is 21.3. The van der Waals surface area contributed by atoms with Crippen molar-refractivity contribution < 1.29 is 0 Å². The third-order valence-corrected chi connectivity index (χ3v) is 4.69. The van der Waals surface area contributed by atoms with Gasteiger partial charge >= 0.3 is 0 Å². The van der Waals surface area contributed by atoms with E-state index < -0.39 is 0 Å². The minimum atomic E-state index is 0.676. The topological polar surface area (TPSA) is 18.5 Å². The van der Waals surface area contributed by atoms with E-state index in [4.69, 9.17) is 0 Å². The Balaban J connectivity index is 2.54. The maximum atomic E-state index is 3.80. The summed E-state index contributed by atoms with van der Waals surface area (Å²) in [6.45, 7) is 17.7. The molecule has 0 aromatic carbocycles. The van der Waals surface area contributed by atoms with E-state index in [2.05, 4.69) is 49.7 Å². The molecule has 3 heteroatoms. The van der Waals surface area contributed by atoms with E-state index >= 15 is 0 Å². The number of nitrogens with one attached hydrogen (secondary N) is 1. The van der Waals surface area contributed by atoms with Crippen molar-refractivity contribution in [2.75, 3.05) is 32.7 Å². The Hall–Kier alpha value is -0.120. The van der Waals surface area contributed by atoms with Crippen molar-refractivity contribution in [2.24, 2.45) is 0 Å². The SMILES string of the molecule is CCCNC(CCC)C(CC)N1CCN(C(C)C)CC1. The standard InChI is InChI=1S/C17H37N3/c1-6-9-16(18-10-7-2)17(8-3)20-13-11-19(12-14-20)15(4)5/h15-18H,6-14H2,1-5H3. The zero-order valence-electron chi connectivity index (χ0n) is 14.5. The lowest BCUT2D eigenvalue weighted by atomic mass is 9.98. The molecule has 20 heavy (non-hydrogen) atoms. The molecule has 1 rings (SSSR count). The molecular formula is C17H37N3. The van der Waals surface area contributed by atoms with Crippen LogP contribution in [0.2, 0.25) is 0 Å². The van der Waals surface area contributed by atoms with E-state index in [1.165, 1.54) is 51.9 Å². The van der Waals surface area contributed by atoms with Gasteiger partial charge in [-0.05, 0) is 39.7 Å². The summed E-state index contributed by atoms with van der Waals surface area (Å²) in [7, 11) is 0. The maximum Gasteiger partial charge on any atom is 0.0247 e. The number of piperazine rings is 1. The molecule has 1 aliphatic heterocycles. The molecule has 2 atom stereocenters. The van der Waals surface area contributed by atoms with Crippen molar-refractivity contribution in [1.29, 1.82) is 0 Å². The Bertz CT molecular complexity index is 234. The van der Waals surface area contributed by atoms with Gasteiger partial charge in [-0.15, -0.1) is 0 Å². The highest BCUT2D eigenvalue weighted by Crippen LogP contribution is 2.17. The molecule has 1 heterocycles. The number of hydrogen-bond donors (Lipinski definition) is 1. The largest absolute Gasteiger partial charge is 0.312 e. The van der Waals surface area contributed by atoms with Gasteiger partial charge in [-0.3, -0.25) is 9.80 Å². The van der Waals surface area contributed by atoms with Crippen LogP contribution < -0.4 is 5.32 Å². The van der Waals surface area contributed by atoms with E-state index in [1.807, 2.05) is 0 Å². The van der Waals surface area contributed by atoms with Crippen LogP contribution >= 0.6 is 0 Å². The summed E-state index contributed by atoms with van der Waals surface area (Å²) in [5, 5.41) is 3.80. The lowest BCUT2D eigenvalue weighted by Gasteiger charge is -2.43. The van der Waals surface area contributed by atoms with Crippen LogP contribution in [0.1, 0.15) is 60.3 Å². The summed E-state index contributed by atoms with van der Waals surface area (Å²) in [6, 6.07) is 2.09. The third kappa shape index (κ3) is 5.34. The first-order valence-corrected chi connectivity index (χ1v) is 8.85. The maximum absolute atomic E-state index is 3.80. The molecule has 0 aromatic rings. The Morgan fingerprint density at radius 1 is 0.900 bits per heavy atom. The first kappa shape index (κ1) is 17.9. The zero-order chi connectivity index (χ0) is 15.0. The molecule has 0 amide bonds. The molecule has 120 valence electrons. The summed E-state index contributed by atoms with van der Waals surface area (Å²) in [5.41, 5.74) is 0. The van der Waals surface area contributed by atoms with Crippen molar-refractivity contribution in [3.63, 3.8) is 0 Å². The van der Waals surface area contributed by atoms with E-state index in [9.17, 15) is 0 Å². The van der Waals surface area contributed by atoms with Crippen LogP contribution in [0.25, 0.3) is 0 Å². The molecule has 0 spiro atoms. The van der Waals surface area contributed by atoms with E-state index in [-0.39, 0.29) is 0 Å². The zero-order valence-corrected chi connectivity index (χ0v) is 14.5. The molecular weight excluding hydrogens is 246 g/mol. The van der Waals surface area contributed by atoms with E-state index in [0.29, 0.717) is 12.1 Å². The number of hydrogen-bond acceptors (Lipinski definition) is 3. The fourth-order valence-electron chi connectivity index (χ4n) is 3.45. The fourth-order valence-corrected chi connectivity index (χ4v) is 3.45. The predicted molar refractivity (Wildman–Crippen MR) is 89.4 cm³/mol. The Kier molecular flexibility index (Phi) is 8.74. The molecule has 0 bridgehead atoms. The van der Waals surface area contributed by atoms with Crippen LogP contribution in [0.4, 0.5) is 0 Å². The molecule has 0 radical (unpaired) electrons. The van der Waals surface area contributed by atoms with Gasteiger partial charge in [-0.2, -0.15) is 0 Å². The molecule has 0 saturated carbocycles. The van der Waals surface area contributed by atoms with Crippen LogP contribution in [0.3, 0.4) is 0 Å². The van der Waals surface area contributed by atoms with Gasteiger partial charge in [0.15, 0.2) is 0 Å². The molecule has 1 saturated heterocycles. The highest BCUT2D eigenvalue weighted by Gasteiger charge is 2.28. The first-order valence-electron chi connectivity index (χ1n) is 8.85. The molecule has 1 fully saturated rings. The Morgan fingerprint density at radius 2 is 1.50 bits per heavy atom. The van der Waals surface area contributed by atoms with Crippen LogP contribution in [0.5, 0.6) is 0 Å². The average molecular weight is 284 g/mol. The van der Waals surface area contributed by atoms with E-state index in [0.717, 1.165) is 12.6 Å². The summed E-state index contributed by atoms with van der Waals surface area (Å²) >= 11 is 0. The lowest BCUT2D eigenvalue weighted by molar-refractivity contribution is 0.0602. The highest BCUT2D eigenvalue weighted by atomic mass is 15.3. The van der Waals surface area contributed by atoms with Gasteiger partial charge in [-0.25, -0.2) is 0 Å². The average Bonchev–Trinajstić information content (AvgIpc) is 2.46. The van der Waals surface area contributed by atoms with Crippen molar-refractivity contribution in [2.45, 2.75) is 78.4 Å². The molecule has 2 unspecified atom stereocenters. The smallest absolute Gasteiger partial charge is 0.0247 e. The lowest BCUT2D eigenvalue weighted by Crippen LogP contribution is -2.57. The fraction of sp³-hybridized carbons (Fsp3) is 1.00. The van der Waals surface area contributed by atoms with E-state index in [1.54, 1.807) is 0 Å². The van der Waals surface area contributed by atoms with Gasteiger partial charge in [0, 0.05) is 44.3 Å². The molecule has 1 aliphatic rings. The van der Waals surface area contributed by atoms with Crippen molar-refractivity contribution in [3.05, 3.63) is 0 Å². The Labute approximate surface area is 127 Å². The second-order valence-electron chi connectivity index (χ2n) is 6.49. The molecule has 1 N–H and O–H groups in total. The van der Waals surface area contributed by atoms with Crippen molar-refractivity contribution in [1.82, 2.24) is 15.1 Å². The van der Waals surface area contributed by atoms with Crippen molar-refractivity contribution >= 4 is 0 Å². The summed E-state index contributed by atoms with van der Waals surface area (Å²) in [5.74, 6) is 0. The second-order valence-corrected chi connectivity index (χ2v) is 6.49. The van der Waals surface area contributed by atoms with Gasteiger partial charge in [-0.1, -0.05) is 27.2 Å². The summed E-state index contributed by atoms with van der Waals surface area (Å²) in [4.78, 5) is 5.35. The number of rotatable bonds is 9. The van der Waals surface area contributed by atoms with Gasteiger partial charge in [0.25, 0.3) is 0 Å². The van der Waals surface area contributed by atoms with Crippen molar-refractivity contribution in [3.8, 4) is 0 Å². The molecule has 0 aromatic heterocycles. The van der Waals surface area contributed by atoms with Crippen LogP contribution in [-0.2, 0) is 0 Å². The predicted octanol–water partition coefficient (Wildman–Crippen LogP) is 2.96. The molecule has 3 nitrogen and oxygen atoms in total. The minimum Gasteiger partial charge on any atom is -0.312 e. The summed E-state index contributed by atoms with van der Waals surface area (Å²) < 4.78 is 0. The Morgan fingerprint density at radius 3 is 1.95 bits per heavy atom. The van der Waals surface area contributed by atoms with Gasteiger partial charge in [0.05, 0.1) is 0 Å². The monoisotopic (exact) mass is 283 g/mol. The van der Waals surface area contributed by atoms with Gasteiger partial charge < -0.3 is 5.32 Å². The highest BCUT2D eigenvalue weighted by molar-refractivity contribution is 4.87. The van der Waals surface area contributed by atoms with Crippen LogP contribution in [-0.4, -0.2) is 60.6 Å². The third-order valence-electron chi connectivity index (χ3n) is 4.69. The van der Waals surface area contributed by atoms with Crippen LogP contribution in [0.15, 0.2) is 0 Å².